The van der Waals surface area contributed by atoms with Gasteiger partial charge in [-0.2, -0.15) is 0 Å². The van der Waals surface area contributed by atoms with Crippen molar-refractivity contribution >= 4 is 22.7 Å². The minimum Gasteiger partial charge on any atom is -0.384 e. The van der Waals surface area contributed by atoms with Crippen LogP contribution in [0.4, 0.5) is 0 Å². The number of benzene rings is 2. The van der Waals surface area contributed by atoms with Crippen LogP contribution in [0.1, 0.15) is 5.56 Å². The molecule has 23 heavy (non-hydrogen) atoms. The predicted octanol–water partition coefficient (Wildman–Crippen LogP) is 3.43. The van der Waals surface area contributed by atoms with Gasteiger partial charge >= 0.3 is 0 Å². The standard InChI is InChI=1S/C18H18N2O2S/c1-13-7-9-14(10-8-13)20-17(21)15-5-3-4-6-16(15)19-18(20)23-12-11-22-2/h3-10H,11-12H2,1-2H3. The molecule has 4 nitrogen and oxygen atoms in total. The van der Waals surface area contributed by atoms with Crippen LogP contribution in [0, 0.1) is 6.92 Å². The van der Waals surface area contributed by atoms with Gasteiger partial charge in [-0.25, -0.2) is 4.98 Å². The number of hydrogen-bond acceptors (Lipinski definition) is 4. The second-order valence-electron chi connectivity index (χ2n) is 5.23. The molecular weight excluding hydrogens is 308 g/mol. The van der Waals surface area contributed by atoms with Crippen LogP contribution in [0.15, 0.2) is 58.5 Å². The van der Waals surface area contributed by atoms with E-state index < -0.39 is 0 Å². The fourth-order valence-corrected chi connectivity index (χ4v) is 3.26. The monoisotopic (exact) mass is 326 g/mol. The maximum atomic E-state index is 12.9. The van der Waals surface area contributed by atoms with Crippen LogP contribution in [-0.2, 0) is 4.74 Å². The van der Waals surface area contributed by atoms with Gasteiger partial charge in [-0.3, -0.25) is 9.36 Å². The van der Waals surface area contributed by atoms with E-state index >= 15 is 0 Å². The Morgan fingerprint density at radius 3 is 2.61 bits per heavy atom. The molecule has 2 aromatic carbocycles. The summed E-state index contributed by atoms with van der Waals surface area (Å²) in [4.78, 5) is 17.6. The quantitative estimate of drug-likeness (QED) is 0.409. The highest BCUT2D eigenvalue weighted by molar-refractivity contribution is 7.99. The van der Waals surface area contributed by atoms with Gasteiger partial charge in [-0.1, -0.05) is 41.6 Å². The lowest BCUT2D eigenvalue weighted by Gasteiger charge is -2.13. The molecule has 3 aromatic rings. The first-order valence-electron chi connectivity index (χ1n) is 7.41. The number of thioether (sulfide) groups is 1. The van der Waals surface area contributed by atoms with E-state index in [2.05, 4.69) is 4.98 Å². The first kappa shape index (κ1) is 15.8. The molecule has 0 aliphatic carbocycles. The van der Waals surface area contributed by atoms with Crippen LogP contribution in [0.2, 0.25) is 0 Å². The smallest absolute Gasteiger partial charge is 0.266 e. The molecule has 0 saturated carbocycles. The normalized spacial score (nSPS) is 11.0. The summed E-state index contributed by atoms with van der Waals surface area (Å²) in [6.07, 6.45) is 0. The molecule has 0 radical (unpaired) electrons. The number of rotatable bonds is 5. The third-order valence-corrected chi connectivity index (χ3v) is 4.46. The van der Waals surface area contributed by atoms with Gasteiger partial charge in [0.2, 0.25) is 0 Å². The minimum absolute atomic E-state index is 0.0423. The van der Waals surface area contributed by atoms with E-state index in [-0.39, 0.29) is 5.56 Å². The molecule has 0 fully saturated rings. The summed E-state index contributed by atoms with van der Waals surface area (Å²) in [7, 11) is 1.67. The zero-order chi connectivity index (χ0) is 16.2. The van der Waals surface area contributed by atoms with Crippen molar-refractivity contribution < 1.29 is 4.74 Å². The van der Waals surface area contributed by atoms with Gasteiger partial charge in [0.1, 0.15) is 0 Å². The maximum Gasteiger partial charge on any atom is 0.266 e. The summed E-state index contributed by atoms with van der Waals surface area (Å²) in [5.74, 6) is 0.743. The molecule has 1 heterocycles. The first-order valence-corrected chi connectivity index (χ1v) is 8.40. The summed E-state index contributed by atoms with van der Waals surface area (Å²) >= 11 is 1.53. The number of nitrogens with zero attached hydrogens (tertiary/aromatic N) is 2. The second-order valence-corrected chi connectivity index (χ2v) is 6.29. The van der Waals surface area contributed by atoms with Gasteiger partial charge in [0.25, 0.3) is 5.56 Å². The maximum absolute atomic E-state index is 12.9. The highest BCUT2D eigenvalue weighted by Gasteiger charge is 2.12. The highest BCUT2D eigenvalue weighted by atomic mass is 32.2. The van der Waals surface area contributed by atoms with E-state index in [0.717, 1.165) is 22.5 Å². The van der Waals surface area contributed by atoms with E-state index in [4.69, 9.17) is 4.74 Å². The second kappa shape index (κ2) is 6.98. The number of hydrogen-bond donors (Lipinski definition) is 0. The van der Waals surface area contributed by atoms with Crippen LogP contribution in [0.25, 0.3) is 16.6 Å². The fourth-order valence-electron chi connectivity index (χ4n) is 2.35. The molecule has 0 atom stereocenters. The van der Waals surface area contributed by atoms with Crippen molar-refractivity contribution in [3.05, 3.63) is 64.4 Å². The molecule has 0 saturated heterocycles. The van der Waals surface area contributed by atoms with Crippen molar-refractivity contribution in [2.75, 3.05) is 19.5 Å². The first-order chi connectivity index (χ1) is 11.2. The average molecular weight is 326 g/mol. The van der Waals surface area contributed by atoms with E-state index in [1.165, 1.54) is 11.8 Å². The van der Waals surface area contributed by atoms with Gasteiger partial charge < -0.3 is 4.74 Å². The molecule has 0 aliphatic rings. The number of methoxy groups -OCH3 is 1. The summed E-state index contributed by atoms with van der Waals surface area (Å²) < 4.78 is 6.79. The Bertz CT molecular complexity index is 872. The Morgan fingerprint density at radius 2 is 1.87 bits per heavy atom. The van der Waals surface area contributed by atoms with E-state index in [1.807, 2.05) is 55.5 Å². The third-order valence-electron chi connectivity index (χ3n) is 3.56. The van der Waals surface area contributed by atoms with Gasteiger partial charge in [-0.05, 0) is 31.2 Å². The largest absolute Gasteiger partial charge is 0.384 e. The summed E-state index contributed by atoms with van der Waals surface area (Å²) in [6, 6.07) is 15.4. The van der Waals surface area contributed by atoms with Crippen LogP contribution in [0.3, 0.4) is 0 Å². The lowest BCUT2D eigenvalue weighted by atomic mass is 10.2. The minimum atomic E-state index is -0.0423. The Labute approximate surface area is 139 Å². The SMILES string of the molecule is COCCSc1nc2ccccc2c(=O)n1-c1ccc(C)cc1. The molecule has 0 bridgehead atoms. The fraction of sp³-hybridized carbons (Fsp3) is 0.222. The van der Waals surface area contributed by atoms with E-state index in [9.17, 15) is 4.79 Å². The van der Waals surface area contributed by atoms with E-state index in [1.54, 1.807) is 11.7 Å². The van der Waals surface area contributed by atoms with Crippen molar-refractivity contribution in [2.24, 2.45) is 0 Å². The Kier molecular flexibility index (Phi) is 4.79. The van der Waals surface area contributed by atoms with Crippen LogP contribution in [0.5, 0.6) is 0 Å². The van der Waals surface area contributed by atoms with Crippen LogP contribution < -0.4 is 5.56 Å². The number of fused-ring (bicyclic) bond motifs is 1. The van der Waals surface area contributed by atoms with Crippen LogP contribution in [-0.4, -0.2) is 29.0 Å². The Hall–Kier alpha value is -2.11. The summed E-state index contributed by atoms with van der Waals surface area (Å²) in [5, 5.41) is 1.32. The molecule has 0 unspecified atom stereocenters. The Balaban J connectivity index is 2.19. The van der Waals surface area contributed by atoms with Crippen molar-refractivity contribution in [2.45, 2.75) is 12.1 Å². The lowest BCUT2D eigenvalue weighted by molar-refractivity contribution is 0.218. The number of ether oxygens (including phenoxy) is 1. The summed E-state index contributed by atoms with van der Waals surface area (Å²) in [5.41, 5.74) is 2.67. The number of aromatic nitrogens is 2. The Morgan fingerprint density at radius 1 is 1.13 bits per heavy atom. The topological polar surface area (TPSA) is 44.1 Å². The van der Waals surface area contributed by atoms with Crippen molar-refractivity contribution in [3.63, 3.8) is 0 Å². The molecule has 1 aromatic heterocycles. The molecule has 118 valence electrons. The molecule has 0 aliphatic heterocycles. The van der Waals surface area contributed by atoms with Crippen molar-refractivity contribution in [3.8, 4) is 5.69 Å². The molecule has 5 heteroatoms. The summed E-state index contributed by atoms with van der Waals surface area (Å²) in [6.45, 7) is 2.64. The molecule has 0 N–H and O–H groups in total. The van der Waals surface area contributed by atoms with Crippen molar-refractivity contribution in [1.29, 1.82) is 0 Å². The average Bonchev–Trinajstić information content (AvgIpc) is 2.57. The molecule has 3 rings (SSSR count). The highest BCUT2D eigenvalue weighted by Crippen LogP contribution is 2.21. The lowest BCUT2D eigenvalue weighted by Crippen LogP contribution is -2.22. The molecular formula is C18H18N2O2S. The number of aryl methyl sites for hydroxylation is 1. The van der Waals surface area contributed by atoms with Gasteiger partial charge in [-0.15, -0.1) is 0 Å². The van der Waals surface area contributed by atoms with Gasteiger partial charge in [0.05, 0.1) is 23.2 Å². The third kappa shape index (κ3) is 3.30. The molecule has 0 spiro atoms. The number of para-hydroxylation sites is 1. The van der Waals surface area contributed by atoms with Gasteiger partial charge in [0, 0.05) is 12.9 Å². The van der Waals surface area contributed by atoms with Crippen LogP contribution >= 0.6 is 11.8 Å². The zero-order valence-electron chi connectivity index (χ0n) is 13.2. The van der Waals surface area contributed by atoms with Gasteiger partial charge in [0.15, 0.2) is 5.16 Å². The predicted molar refractivity (Wildman–Crippen MR) is 94.7 cm³/mol. The zero-order valence-corrected chi connectivity index (χ0v) is 14.0. The van der Waals surface area contributed by atoms with Crippen molar-refractivity contribution in [1.82, 2.24) is 9.55 Å². The van der Waals surface area contributed by atoms with E-state index in [0.29, 0.717) is 17.1 Å². The molecule has 0 amide bonds.